The number of para-hydroxylation sites is 1. The van der Waals surface area contributed by atoms with Crippen LogP contribution in [0.5, 0.6) is 5.75 Å². The number of nitrogens with zero attached hydrogens (tertiary/aromatic N) is 2. The number of nitrogens with one attached hydrogen (secondary N) is 2. The van der Waals surface area contributed by atoms with Crippen LogP contribution < -0.4 is 10.2 Å². The fourth-order valence-corrected chi connectivity index (χ4v) is 2.20. The molecule has 1 heterocycles. The molecule has 0 aliphatic heterocycles. The van der Waals surface area contributed by atoms with E-state index >= 15 is 0 Å². The standard InChI is InChI=1S/C18H15FN4O2/c1-25-17-5-3-2-4-13(17)11-20-23-18(24)16-10-15(21-22-16)12-6-8-14(19)9-7-12/h2-11H,1H3,(H,21,22)(H,23,24)/b20-11-. The zero-order valence-electron chi connectivity index (χ0n) is 13.4. The molecular weight excluding hydrogens is 323 g/mol. The van der Waals surface area contributed by atoms with E-state index in [9.17, 15) is 9.18 Å². The molecular formula is C18H15FN4O2. The van der Waals surface area contributed by atoms with Crippen LogP contribution in [0, 0.1) is 5.82 Å². The molecule has 0 aliphatic rings. The molecule has 0 radical (unpaired) electrons. The van der Waals surface area contributed by atoms with E-state index in [2.05, 4.69) is 20.7 Å². The lowest BCUT2D eigenvalue weighted by atomic mass is 10.1. The molecule has 2 aromatic carbocycles. The zero-order valence-corrected chi connectivity index (χ0v) is 13.4. The molecule has 6 nitrogen and oxygen atoms in total. The van der Waals surface area contributed by atoms with Crippen LogP contribution in [-0.4, -0.2) is 29.4 Å². The Hall–Kier alpha value is -3.48. The Bertz CT molecular complexity index is 903. The molecule has 1 amide bonds. The van der Waals surface area contributed by atoms with Gasteiger partial charge in [0.25, 0.3) is 5.91 Å². The van der Waals surface area contributed by atoms with Crippen molar-refractivity contribution in [3.8, 4) is 17.0 Å². The van der Waals surface area contributed by atoms with Crippen LogP contribution in [0.2, 0.25) is 0 Å². The van der Waals surface area contributed by atoms with Crippen molar-refractivity contribution < 1.29 is 13.9 Å². The van der Waals surface area contributed by atoms with E-state index in [0.29, 0.717) is 17.0 Å². The highest BCUT2D eigenvalue weighted by atomic mass is 19.1. The molecule has 0 spiro atoms. The maximum Gasteiger partial charge on any atom is 0.289 e. The van der Waals surface area contributed by atoms with Gasteiger partial charge in [-0.1, -0.05) is 12.1 Å². The van der Waals surface area contributed by atoms with Gasteiger partial charge in [-0.05, 0) is 42.5 Å². The number of methoxy groups -OCH3 is 1. The van der Waals surface area contributed by atoms with Crippen molar-refractivity contribution in [2.75, 3.05) is 7.11 Å². The van der Waals surface area contributed by atoms with Crippen LogP contribution in [0.25, 0.3) is 11.3 Å². The average Bonchev–Trinajstić information content (AvgIpc) is 3.13. The van der Waals surface area contributed by atoms with E-state index in [1.54, 1.807) is 31.4 Å². The normalized spacial score (nSPS) is 10.8. The number of aromatic amines is 1. The molecule has 0 aliphatic carbocycles. The molecule has 0 saturated carbocycles. The second-order valence-corrected chi connectivity index (χ2v) is 5.11. The number of hydrogen-bond donors (Lipinski definition) is 2. The first kappa shape index (κ1) is 16.4. The third kappa shape index (κ3) is 3.89. The Morgan fingerprint density at radius 2 is 2.00 bits per heavy atom. The van der Waals surface area contributed by atoms with E-state index in [1.807, 2.05) is 18.2 Å². The van der Waals surface area contributed by atoms with Crippen molar-refractivity contribution in [3.05, 3.63) is 71.7 Å². The number of H-pyrrole nitrogens is 1. The Morgan fingerprint density at radius 3 is 2.76 bits per heavy atom. The highest BCUT2D eigenvalue weighted by Crippen LogP contribution is 2.18. The summed E-state index contributed by atoms with van der Waals surface area (Å²) in [4.78, 5) is 12.1. The minimum absolute atomic E-state index is 0.247. The van der Waals surface area contributed by atoms with Crippen LogP contribution in [0.15, 0.2) is 59.7 Å². The summed E-state index contributed by atoms with van der Waals surface area (Å²) < 4.78 is 18.2. The first-order chi connectivity index (χ1) is 12.2. The summed E-state index contributed by atoms with van der Waals surface area (Å²) in [6.07, 6.45) is 1.49. The van der Waals surface area contributed by atoms with Gasteiger partial charge >= 0.3 is 0 Å². The van der Waals surface area contributed by atoms with Crippen molar-refractivity contribution in [1.29, 1.82) is 0 Å². The van der Waals surface area contributed by atoms with Crippen molar-refractivity contribution in [2.24, 2.45) is 5.10 Å². The molecule has 7 heteroatoms. The molecule has 0 bridgehead atoms. The number of carbonyl (C=O) groups is 1. The number of benzene rings is 2. The fraction of sp³-hybridized carbons (Fsp3) is 0.0556. The summed E-state index contributed by atoms with van der Waals surface area (Å²) in [6.45, 7) is 0. The SMILES string of the molecule is COc1ccccc1/C=N\NC(=O)c1cc(-c2ccc(F)cc2)n[nH]1. The predicted octanol–water partition coefficient (Wildman–Crippen LogP) is 2.99. The lowest BCUT2D eigenvalue weighted by Crippen LogP contribution is -2.18. The molecule has 1 aromatic heterocycles. The van der Waals surface area contributed by atoms with Gasteiger partial charge in [-0.3, -0.25) is 9.89 Å². The topological polar surface area (TPSA) is 79.4 Å². The van der Waals surface area contributed by atoms with Gasteiger partial charge in [0.05, 0.1) is 19.0 Å². The third-order valence-corrected chi connectivity index (χ3v) is 3.47. The number of carbonyl (C=O) groups excluding carboxylic acids is 1. The largest absolute Gasteiger partial charge is 0.496 e. The molecule has 3 rings (SSSR count). The van der Waals surface area contributed by atoms with E-state index in [1.165, 1.54) is 18.3 Å². The third-order valence-electron chi connectivity index (χ3n) is 3.47. The Balaban J connectivity index is 1.68. The minimum Gasteiger partial charge on any atom is -0.496 e. The molecule has 0 fully saturated rings. The van der Waals surface area contributed by atoms with Gasteiger partial charge in [0.1, 0.15) is 17.3 Å². The highest BCUT2D eigenvalue weighted by molar-refractivity contribution is 5.94. The zero-order chi connectivity index (χ0) is 17.6. The Labute approximate surface area is 143 Å². The van der Waals surface area contributed by atoms with Gasteiger partial charge in [0, 0.05) is 11.1 Å². The lowest BCUT2D eigenvalue weighted by molar-refractivity contribution is 0.0950. The monoisotopic (exact) mass is 338 g/mol. The summed E-state index contributed by atoms with van der Waals surface area (Å²) in [5, 5.41) is 10.6. The van der Waals surface area contributed by atoms with Crippen LogP contribution in [0.4, 0.5) is 4.39 Å². The second kappa shape index (κ2) is 7.39. The van der Waals surface area contributed by atoms with Crippen molar-refractivity contribution >= 4 is 12.1 Å². The molecule has 3 aromatic rings. The second-order valence-electron chi connectivity index (χ2n) is 5.11. The summed E-state index contributed by atoms with van der Waals surface area (Å²) >= 11 is 0. The van der Waals surface area contributed by atoms with Crippen LogP contribution in [-0.2, 0) is 0 Å². The first-order valence-electron chi connectivity index (χ1n) is 7.45. The molecule has 25 heavy (non-hydrogen) atoms. The fourth-order valence-electron chi connectivity index (χ4n) is 2.20. The smallest absolute Gasteiger partial charge is 0.289 e. The number of aromatic nitrogens is 2. The first-order valence-corrected chi connectivity index (χ1v) is 7.45. The molecule has 126 valence electrons. The Kier molecular flexibility index (Phi) is 4.84. The number of ether oxygens (including phenoxy) is 1. The van der Waals surface area contributed by atoms with Crippen molar-refractivity contribution in [2.45, 2.75) is 0 Å². The van der Waals surface area contributed by atoms with Gasteiger partial charge in [0.2, 0.25) is 0 Å². The molecule has 0 saturated heterocycles. The lowest BCUT2D eigenvalue weighted by Gasteiger charge is -2.02. The van der Waals surface area contributed by atoms with E-state index < -0.39 is 5.91 Å². The summed E-state index contributed by atoms with van der Waals surface area (Å²) in [6, 6.07) is 14.7. The minimum atomic E-state index is -0.438. The van der Waals surface area contributed by atoms with Gasteiger partial charge in [-0.2, -0.15) is 10.2 Å². The molecule has 0 unspecified atom stereocenters. The summed E-state index contributed by atoms with van der Waals surface area (Å²) in [7, 11) is 1.56. The van der Waals surface area contributed by atoms with E-state index in [4.69, 9.17) is 4.74 Å². The van der Waals surface area contributed by atoms with Gasteiger partial charge < -0.3 is 4.74 Å². The number of hydrogen-bond acceptors (Lipinski definition) is 4. The average molecular weight is 338 g/mol. The number of amides is 1. The maximum atomic E-state index is 13.0. The van der Waals surface area contributed by atoms with Crippen LogP contribution in [0.1, 0.15) is 16.1 Å². The molecule has 2 N–H and O–H groups in total. The van der Waals surface area contributed by atoms with Crippen molar-refractivity contribution in [3.63, 3.8) is 0 Å². The maximum absolute atomic E-state index is 13.0. The predicted molar refractivity (Wildman–Crippen MR) is 92.0 cm³/mol. The highest BCUT2D eigenvalue weighted by Gasteiger charge is 2.10. The quantitative estimate of drug-likeness (QED) is 0.554. The van der Waals surface area contributed by atoms with Gasteiger partial charge in [-0.15, -0.1) is 0 Å². The number of halogens is 1. The van der Waals surface area contributed by atoms with E-state index in [-0.39, 0.29) is 11.5 Å². The molecule has 0 atom stereocenters. The van der Waals surface area contributed by atoms with E-state index in [0.717, 1.165) is 5.56 Å². The van der Waals surface area contributed by atoms with Gasteiger partial charge in [-0.25, -0.2) is 9.82 Å². The number of hydrazone groups is 1. The van der Waals surface area contributed by atoms with Gasteiger partial charge in [0.15, 0.2) is 0 Å². The van der Waals surface area contributed by atoms with Crippen LogP contribution >= 0.6 is 0 Å². The van der Waals surface area contributed by atoms with Crippen molar-refractivity contribution in [1.82, 2.24) is 15.6 Å². The summed E-state index contributed by atoms with van der Waals surface area (Å²) in [5.41, 5.74) is 4.64. The summed E-state index contributed by atoms with van der Waals surface area (Å²) in [5.74, 6) is -0.115. The van der Waals surface area contributed by atoms with Crippen LogP contribution in [0.3, 0.4) is 0 Å². The number of rotatable bonds is 5. The Morgan fingerprint density at radius 1 is 1.24 bits per heavy atom.